The number of rotatable bonds is 2. The summed E-state index contributed by atoms with van der Waals surface area (Å²) in [6, 6.07) is 4.07. The summed E-state index contributed by atoms with van der Waals surface area (Å²) in [5.74, 6) is -0.483. The molecule has 0 radical (unpaired) electrons. The van der Waals surface area contributed by atoms with Gasteiger partial charge >= 0.3 is 0 Å². The Morgan fingerprint density at radius 3 is 2.88 bits per heavy atom. The van der Waals surface area contributed by atoms with Crippen LogP contribution in [0.2, 0.25) is 0 Å². The third-order valence-corrected chi connectivity index (χ3v) is 1.85. The molecule has 0 aromatic carbocycles. The zero-order valence-corrected chi connectivity index (χ0v) is 8.40. The summed E-state index contributed by atoms with van der Waals surface area (Å²) >= 11 is 0. The highest BCUT2D eigenvalue weighted by Crippen LogP contribution is 2.08. The standard InChI is InChI=1S/C10H8FN3O2/c1-6-4-8(14-16-6)10(15)13-7-2-3-9(11)12-5-7/h2-5H,1H3,(H,13,15). The SMILES string of the molecule is Cc1cc(C(=O)Nc2ccc(F)nc2)no1. The monoisotopic (exact) mass is 221 g/mol. The predicted octanol–water partition coefficient (Wildman–Crippen LogP) is 1.77. The lowest BCUT2D eigenvalue weighted by atomic mass is 10.3. The van der Waals surface area contributed by atoms with Gasteiger partial charge in [-0.3, -0.25) is 4.79 Å². The van der Waals surface area contributed by atoms with Crippen LogP contribution in [0.3, 0.4) is 0 Å². The second-order valence-electron chi connectivity index (χ2n) is 3.15. The summed E-state index contributed by atoms with van der Waals surface area (Å²) in [6.45, 7) is 1.68. The van der Waals surface area contributed by atoms with Crippen LogP contribution < -0.4 is 5.32 Å². The first-order chi connectivity index (χ1) is 7.65. The molecule has 0 saturated heterocycles. The van der Waals surface area contributed by atoms with E-state index < -0.39 is 11.9 Å². The molecule has 0 fully saturated rings. The van der Waals surface area contributed by atoms with Gasteiger partial charge in [0.1, 0.15) is 5.76 Å². The normalized spacial score (nSPS) is 10.1. The van der Waals surface area contributed by atoms with Crippen molar-refractivity contribution in [1.29, 1.82) is 0 Å². The molecule has 6 heteroatoms. The van der Waals surface area contributed by atoms with Crippen LogP contribution in [0.25, 0.3) is 0 Å². The van der Waals surface area contributed by atoms with E-state index in [0.717, 1.165) is 6.07 Å². The first-order valence-corrected chi connectivity index (χ1v) is 4.51. The van der Waals surface area contributed by atoms with Gasteiger partial charge < -0.3 is 9.84 Å². The zero-order valence-electron chi connectivity index (χ0n) is 8.40. The van der Waals surface area contributed by atoms with Gasteiger partial charge in [-0.25, -0.2) is 4.98 Å². The van der Waals surface area contributed by atoms with E-state index in [0.29, 0.717) is 11.4 Å². The van der Waals surface area contributed by atoms with Crippen LogP contribution in [0.5, 0.6) is 0 Å². The van der Waals surface area contributed by atoms with Gasteiger partial charge in [-0.15, -0.1) is 0 Å². The second-order valence-corrected chi connectivity index (χ2v) is 3.15. The summed E-state index contributed by atoms with van der Waals surface area (Å²) in [6.07, 6.45) is 1.22. The number of aromatic nitrogens is 2. The fourth-order valence-corrected chi connectivity index (χ4v) is 1.12. The quantitative estimate of drug-likeness (QED) is 0.784. The van der Waals surface area contributed by atoms with Crippen molar-refractivity contribution in [3.05, 3.63) is 41.8 Å². The maximum atomic E-state index is 12.5. The number of aryl methyl sites for hydroxylation is 1. The van der Waals surface area contributed by atoms with Crippen LogP contribution in [-0.2, 0) is 0 Å². The third-order valence-electron chi connectivity index (χ3n) is 1.85. The summed E-state index contributed by atoms with van der Waals surface area (Å²) in [5, 5.41) is 6.06. The largest absolute Gasteiger partial charge is 0.361 e. The van der Waals surface area contributed by atoms with Crippen molar-refractivity contribution in [3.8, 4) is 0 Å². The van der Waals surface area contributed by atoms with Gasteiger partial charge in [0.05, 0.1) is 11.9 Å². The number of halogens is 1. The van der Waals surface area contributed by atoms with Crippen LogP contribution in [0.15, 0.2) is 28.9 Å². The van der Waals surface area contributed by atoms with Crippen LogP contribution >= 0.6 is 0 Å². The predicted molar refractivity (Wildman–Crippen MR) is 53.4 cm³/mol. The molecule has 2 rings (SSSR count). The lowest BCUT2D eigenvalue weighted by Gasteiger charge is -2.00. The minimum Gasteiger partial charge on any atom is -0.361 e. The van der Waals surface area contributed by atoms with Crippen molar-refractivity contribution in [1.82, 2.24) is 10.1 Å². The Kier molecular flexibility index (Phi) is 2.63. The third kappa shape index (κ3) is 2.22. The van der Waals surface area contributed by atoms with Crippen molar-refractivity contribution in [2.24, 2.45) is 0 Å². The summed E-state index contributed by atoms with van der Waals surface area (Å²) < 4.78 is 17.3. The second kappa shape index (κ2) is 4.09. The minimum absolute atomic E-state index is 0.168. The van der Waals surface area contributed by atoms with E-state index in [1.54, 1.807) is 6.92 Å². The number of hydrogen-bond donors (Lipinski definition) is 1. The number of hydrogen-bond acceptors (Lipinski definition) is 4. The Morgan fingerprint density at radius 2 is 2.31 bits per heavy atom. The first-order valence-electron chi connectivity index (χ1n) is 4.51. The highest BCUT2D eigenvalue weighted by atomic mass is 19.1. The lowest BCUT2D eigenvalue weighted by Crippen LogP contribution is -2.12. The van der Waals surface area contributed by atoms with E-state index in [9.17, 15) is 9.18 Å². The first kappa shape index (κ1) is 10.3. The van der Waals surface area contributed by atoms with Crippen molar-refractivity contribution in [3.63, 3.8) is 0 Å². The molecule has 2 heterocycles. The topological polar surface area (TPSA) is 68.0 Å². The maximum absolute atomic E-state index is 12.5. The molecular formula is C10H8FN3O2. The lowest BCUT2D eigenvalue weighted by molar-refractivity contribution is 0.101. The number of nitrogens with one attached hydrogen (secondary N) is 1. The van der Waals surface area contributed by atoms with E-state index in [1.165, 1.54) is 18.3 Å². The molecule has 0 spiro atoms. The molecule has 0 atom stereocenters. The molecule has 2 aromatic heterocycles. The fraction of sp³-hybridized carbons (Fsp3) is 0.100. The summed E-state index contributed by atoms with van der Waals surface area (Å²) in [4.78, 5) is 15.0. The van der Waals surface area contributed by atoms with E-state index in [1.807, 2.05) is 0 Å². The van der Waals surface area contributed by atoms with Gasteiger partial charge in [0, 0.05) is 6.07 Å². The number of anilines is 1. The molecule has 1 N–H and O–H groups in total. The molecule has 0 unspecified atom stereocenters. The number of carbonyl (C=O) groups is 1. The fourth-order valence-electron chi connectivity index (χ4n) is 1.12. The van der Waals surface area contributed by atoms with Crippen molar-refractivity contribution < 1.29 is 13.7 Å². The maximum Gasteiger partial charge on any atom is 0.277 e. The van der Waals surface area contributed by atoms with E-state index in [4.69, 9.17) is 4.52 Å². The van der Waals surface area contributed by atoms with E-state index in [2.05, 4.69) is 15.5 Å². The van der Waals surface area contributed by atoms with Crippen molar-refractivity contribution >= 4 is 11.6 Å². The molecule has 0 saturated carbocycles. The van der Waals surface area contributed by atoms with Gasteiger partial charge in [-0.05, 0) is 19.1 Å². The minimum atomic E-state index is -0.602. The molecule has 0 bridgehead atoms. The zero-order chi connectivity index (χ0) is 11.5. The van der Waals surface area contributed by atoms with Gasteiger partial charge in [0.25, 0.3) is 5.91 Å². The average molecular weight is 221 g/mol. The number of amides is 1. The van der Waals surface area contributed by atoms with Crippen LogP contribution in [0, 0.1) is 12.9 Å². The highest BCUT2D eigenvalue weighted by molar-refractivity contribution is 6.02. The Balaban J connectivity index is 2.10. The average Bonchev–Trinajstić information content (AvgIpc) is 2.68. The molecular weight excluding hydrogens is 213 g/mol. The van der Waals surface area contributed by atoms with E-state index >= 15 is 0 Å². The Labute approximate surface area is 90.3 Å². The smallest absolute Gasteiger partial charge is 0.277 e. The van der Waals surface area contributed by atoms with Crippen LogP contribution in [0.1, 0.15) is 16.2 Å². The highest BCUT2D eigenvalue weighted by Gasteiger charge is 2.10. The molecule has 5 nitrogen and oxygen atoms in total. The van der Waals surface area contributed by atoms with E-state index in [-0.39, 0.29) is 5.69 Å². The van der Waals surface area contributed by atoms with Crippen molar-refractivity contribution in [2.75, 3.05) is 5.32 Å². The summed E-state index contributed by atoms with van der Waals surface area (Å²) in [5.41, 5.74) is 0.564. The molecule has 0 aliphatic rings. The Bertz CT molecular complexity index is 507. The molecule has 82 valence electrons. The van der Waals surface area contributed by atoms with Gasteiger partial charge in [0.15, 0.2) is 5.69 Å². The Hall–Kier alpha value is -2.24. The molecule has 16 heavy (non-hydrogen) atoms. The van der Waals surface area contributed by atoms with Gasteiger partial charge in [-0.2, -0.15) is 4.39 Å². The number of carbonyl (C=O) groups excluding carboxylic acids is 1. The molecule has 0 aliphatic heterocycles. The van der Waals surface area contributed by atoms with Gasteiger partial charge in [0.2, 0.25) is 5.95 Å². The Morgan fingerprint density at radius 1 is 1.50 bits per heavy atom. The molecule has 0 aliphatic carbocycles. The van der Waals surface area contributed by atoms with Crippen LogP contribution in [-0.4, -0.2) is 16.0 Å². The van der Waals surface area contributed by atoms with Crippen molar-refractivity contribution in [2.45, 2.75) is 6.92 Å². The number of pyridine rings is 1. The summed E-state index contributed by atoms with van der Waals surface area (Å²) in [7, 11) is 0. The van der Waals surface area contributed by atoms with Crippen LogP contribution in [0.4, 0.5) is 10.1 Å². The number of nitrogens with zero attached hydrogens (tertiary/aromatic N) is 2. The van der Waals surface area contributed by atoms with Gasteiger partial charge in [-0.1, -0.05) is 5.16 Å². The molecule has 1 amide bonds. The molecule has 2 aromatic rings.